The molecule has 9 nitrogen and oxygen atoms in total. The lowest BCUT2D eigenvalue weighted by atomic mass is 9.81. The molecule has 2 aromatic rings. The molecular formula is C29H36N4O5. The number of amides is 3. The molecule has 4 N–H and O–H groups in total. The summed E-state index contributed by atoms with van der Waals surface area (Å²) >= 11 is 0. The number of fused-ring (bicyclic) bond motifs is 3. The predicted octanol–water partition coefficient (Wildman–Crippen LogP) is 3.60. The van der Waals surface area contributed by atoms with Crippen LogP contribution >= 0.6 is 0 Å². The number of nitrogens with one attached hydrogen (secondary N) is 2. The Kier molecular flexibility index (Phi) is 7.83. The molecule has 2 heterocycles. The number of methoxy groups -OCH3 is 1. The van der Waals surface area contributed by atoms with E-state index in [2.05, 4.69) is 27.7 Å². The van der Waals surface area contributed by atoms with Gasteiger partial charge in [0.1, 0.15) is 6.61 Å². The van der Waals surface area contributed by atoms with Gasteiger partial charge in [-0.05, 0) is 48.6 Å². The number of rotatable bonds is 7. The third-order valence-corrected chi connectivity index (χ3v) is 8.21. The summed E-state index contributed by atoms with van der Waals surface area (Å²) < 4.78 is 10.3. The van der Waals surface area contributed by atoms with Gasteiger partial charge in [-0.3, -0.25) is 9.59 Å². The van der Waals surface area contributed by atoms with Crippen LogP contribution in [0.25, 0.3) is 0 Å². The van der Waals surface area contributed by atoms with Crippen LogP contribution in [-0.2, 0) is 20.9 Å². The topological polar surface area (TPSA) is 123 Å². The number of anilines is 1. The number of nitrogens with two attached hydrogens (primary N) is 1. The lowest BCUT2D eigenvalue weighted by Gasteiger charge is -2.41. The van der Waals surface area contributed by atoms with Gasteiger partial charge in [-0.15, -0.1) is 0 Å². The fourth-order valence-corrected chi connectivity index (χ4v) is 6.39. The SMILES string of the molecule is COC[C@@H]1Nc2ccccc2[C@H]2[C@@H]1CCN2C(=O)[C@H]1CCCC[C@H]1NC(=O)c1ccc(COC(N)=O)cc1. The Labute approximate surface area is 223 Å². The van der Waals surface area contributed by atoms with Gasteiger partial charge in [0, 0.05) is 36.9 Å². The predicted molar refractivity (Wildman–Crippen MR) is 142 cm³/mol. The Morgan fingerprint density at radius 2 is 1.82 bits per heavy atom. The zero-order chi connectivity index (χ0) is 26.6. The molecule has 0 radical (unpaired) electrons. The third-order valence-electron chi connectivity index (χ3n) is 8.21. The minimum Gasteiger partial charge on any atom is -0.445 e. The summed E-state index contributed by atoms with van der Waals surface area (Å²) in [6.45, 7) is 1.35. The van der Waals surface area contributed by atoms with Crippen molar-refractivity contribution in [2.24, 2.45) is 17.6 Å². The van der Waals surface area contributed by atoms with Crippen molar-refractivity contribution in [1.82, 2.24) is 10.2 Å². The molecular weight excluding hydrogens is 484 g/mol. The van der Waals surface area contributed by atoms with E-state index >= 15 is 0 Å². The maximum Gasteiger partial charge on any atom is 0.404 e. The number of primary amides is 1. The van der Waals surface area contributed by atoms with Gasteiger partial charge in [0.2, 0.25) is 5.91 Å². The number of likely N-dealkylation sites (tertiary alicyclic amines) is 1. The van der Waals surface area contributed by atoms with Crippen molar-refractivity contribution in [2.45, 2.75) is 56.8 Å². The van der Waals surface area contributed by atoms with E-state index in [1.165, 1.54) is 0 Å². The molecule has 38 heavy (non-hydrogen) atoms. The summed E-state index contributed by atoms with van der Waals surface area (Å²) in [4.78, 5) is 40.1. The van der Waals surface area contributed by atoms with E-state index in [1.54, 1.807) is 31.4 Å². The molecule has 0 spiro atoms. The van der Waals surface area contributed by atoms with Crippen molar-refractivity contribution in [1.29, 1.82) is 0 Å². The highest BCUT2D eigenvalue weighted by Gasteiger charge is 2.48. The minimum atomic E-state index is -0.841. The van der Waals surface area contributed by atoms with Crippen LogP contribution in [0.4, 0.5) is 10.5 Å². The van der Waals surface area contributed by atoms with Crippen molar-refractivity contribution in [3.05, 3.63) is 65.2 Å². The first-order valence-corrected chi connectivity index (χ1v) is 13.4. The number of ether oxygens (including phenoxy) is 2. The van der Waals surface area contributed by atoms with Crippen LogP contribution in [0.5, 0.6) is 0 Å². The lowest BCUT2D eigenvalue weighted by Crippen LogP contribution is -2.50. The molecule has 2 aliphatic heterocycles. The van der Waals surface area contributed by atoms with E-state index in [-0.39, 0.29) is 48.4 Å². The quantitative estimate of drug-likeness (QED) is 0.513. The summed E-state index contributed by atoms with van der Waals surface area (Å²) in [5.41, 5.74) is 8.48. The Balaban J connectivity index is 1.31. The molecule has 0 bridgehead atoms. The normalized spacial score (nSPS) is 26.0. The first kappa shape index (κ1) is 26.0. The van der Waals surface area contributed by atoms with Crippen LogP contribution in [0.2, 0.25) is 0 Å². The number of benzene rings is 2. The molecule has 3 aliphatic rings. The molecule has 1 saturated carbocycles. The van der Waals surface area contributed by atoms with Crippen LogP contribution < -0.4 is 16.4 Å². The fourth-order valence-electron chi connectivity index (χ4n) is 6.39. The van der Waals surface area contributed by atoms with Gasteiger partial charge < -0.3 is 30.7 Å². The van der Waals surface area contributed by atoms with Gasteiger partial charge in [-0.25, -0.2) is 4.79 Å². The highest BCUT2D eigenvalue weighted by molar-refractivity contribution is 5.95. The second-order valence-electron chi connectivity index (χ2n) is 10.5. The first-order chi connectivity index (χ1) is 18.5. The smallest absolute Gasteiger partial charge is 0.404 e. The highest BCUT2D eigenvalue weighted by atomic mass is 16.5. The molecule has 9 heteroatoms. The number of nitrogens with zero attached hydrogens (tertiary/aromatic N) is 1. The van der Waals surface area contributed by atoms with E-state index in [4.69, 9.17) is 15.2 Å². The molecule has 2 fully saturated rings. The second-order valence-corrected chi connectivity index (χ2v) is 10.5. The van der Waals surface area contributed by atoms with Crippen molar-refractivity contribution >= 4 is 23.6 Å². The largest absolute Gasteiger partial charge is 0.445 e. The zero-order valence-electron chi connectivity index (χ0n) is 21.7. The average molecular weight is 521 g/mol. The maximum atomic E-state index is 14.1. The Morgan fingerprint density at radius 1 is 1.05 bits per heavy atom. The molecule has 0 aromatic heterocycles. The Morgan fingerprint density at radius 3 is 2.58 bits per heavy atom. The van der Waals surface area contributed by atoms with Gasteiger partial charge >= 0.3 is 6.09 Å². The number of carbonyl (C=O) groups is 3. The van der Waals surface area contributed by atoms with Crippen LogP contribution in [0.3, 0.4) is 0 Å². The molecule has 5 atom stereocenters. The van der Waals surface area contributed by atoms with Crippen molar-refractivity contribution in [3.63, 3.8) is 0 Å². The van der Waals surface area contributed by atoms with Gasteiger partial charge in [0.25, 0.3) is 5.91 Å². The number of hydrogen-bond acceptors (Lipinski definition) is 6. The van der Waals surface area contributed by atoms with Gasteiger partial charge in [0.05, 0.1) is 24.6 Å². The number of carbonyl (C=O) groups excluding carboxylic acids is 3. The van der Waals surface area contributed by atoms with E-state index in [0.717, 1.165) is 48.9 Å². The van der Waals surface area contributed by atoms with Gasteiger partial charge in [-0.1, -0.05) is 43.2 Å². The fraction of sp³-hybridized carbons (Fsp3) is 0.483. The van der Waals surface area contributed by atoms with Crippen molar-refractivity contribution in [3.8, 4) is 0 Å². The monoisotopic (exact) mass is 520 g/mol. The van der Waals surface area contributed by atoms with Crippen LogP contribution in [0.1, 0.15) is 59.6 Å². The van der Waals surface area contributed by atoms with E-state index in [9.17, 15) is 14.4 Å². The van der Waals surface area contributed by atoms with E-state index < -0.39 is 6.09 Å². The molecule has 3 amide bonds. The van der Waals surface area contributed by atoms with Crippen molar-refractivity contribution < 1.29 is 23.9 Å². The van der Waals surface area contributed by atoms with Gasteiger partial charge in [-0.2, -0.15) is 0 Å². The molecule has 1 aliphatic carbocycles. The first-order valence-electron chi connectivity index (χ1n) is 13.4. The van der Waals surface area contributed by atoms with Crippen LogP contribution in [0, 0.1) is 11.8 Å². The van der Waals surface area contributed by atoms with Crippen LogP contribution in [0.15, 0.2) is 48.5 Å². The minimum absolute atomic E-state index is 0.00791. The summed E-state index contributed by atoms with van der Waals surface area (Å²) in [6, 6.07) is 15.0. The highest BCUT2D eigenvalue weighted by Crippen LogP contribution is 2.47. The molecule has 0 unspecified atom stereocenters. The number of para-hydroxylation sites is 1. The summed E-state index contributed by atoms with van der Waals surface area (Å²) in [5.74, 6) is -0.0434. The molecule has 5 rings (SSSR count). The standard InChI is InChI=1S/C29H36N4O5/c1-37-17-25-21-14-15-33(26(21)20-6-2-4-8-23(20)31-25)28(35)22-7-3-5-9-24(22)32-27(34)19-12-10-18(11-13-19)16-38-29(30)36/h2,4,6,8,10-13,21-22,24-26,31H,3,5,7,9,14-17H2,1H3,(H2,30,36)(H,32,34)/t21-,22+,24-,25+,26+/m1/s1. The third kappa shape index (κ3) is 5.34. The van der Waals surface area contributed by atoms with E-state index in [0.29, 0.717) is 18.7 Å². The Bertz CT molecular complexity index is 1170. The maximum absolute atomic E-state index is 14.1. The zero-order valence-corrected chi connectivity index (χ0v) is 21.7. The van der Waals surface area contributed by atoms with Gasteiger partial charge in [0.15, 0.2) is 0 Å². The molecule has 2 aromatic carbocycles. The lowest BCUT2D eigenvalue weighted by molar-refractivity contribution is -0.139. The average Bonchev–Trinajstić information content (AvgIpc) is 3.38. The Hall–Kier alpha value is -3.59. The summed E-state index contributed by atoms with van der Waals surface area (Å²) in [7, 11) is 1.72. The summed E-state index contributed by atoms with van der Waals surface area (Å²) in [6.07, 6.45) is 3.57. The van der Waals surface area contributed by atoms with E-state index in [1.807, 2.05) is 12.1 Å². The molecule has 1 saturated heterocycles. The molecule has 202 valence electrons. The summed E-state index contributed by atoms with van der Waals surface area (Å²) in [5, 5.41) is 6.78. The van der Waals surface area contributed by atoms with Crippen molar-refractivity contribution in [2.75, 3.05) is 25.6 Å². The number of hydrogen-bond donors (Lipinski definition) is 3. The van der Waals surface area contributed by atoms with Crippen LogP contribution in [-0.4, -0.2) is 55.2 Å². The second kappa shape index (κ2) is 11.4.